The number of carbonyl (C=O) groups is 1. The molecule has 0 spiro atoms. The molecule has 91 heavy (non-hydrogen) atoms. The Kier molecular flexibility index (Phi) is 56.7. The number of hydrogen-bond donors (Lipinski definition) is 9. The molecule has 1 amide bonds. The first-order chi connectivity index (χ1) is 44.6. The minimum atomic E-state index is -1.79. The Morgan fingerprint density at radius 2 is 0.758 bits per heavy atom. The van der Waals surface area contributed by atoms with Crippen LogP contribution in [0.15, 0.2) is 72.9 Å². The van der Waals surface area contributed by atoms with Gasteiger partial charge in [0.25, 0.3) is 0 Å². The number of ether oxygens (including phenoxy) is 4. The van der Waals surface area contributed by atoms with Crippen LogP contribution >= 0.6 is 0 Å². The average Bonchev–Trinajstić information content (AvgIpc) is 1.04. The molecule has 2 rings (SSSR count). The number of rotatable bonds is 62. The van der Waals surface area contributed by atoms with Crippen molar-refractivity contribution in [2.75, 3.05) is 19.8 Å². The molecule has 14 heteroatoms. The van der Waals surface area contributed by atoms with Crippen molar-refractivity contribution in [2.45, 2.75) is 389 Å². The second-order valence-electron chi connectivity index (χ2n) is 26.4. The van der Waals surface area contributed by atoms with Gasteiger partial charge in [-0.15, -0.1) is 0 Å². The van der Waals surface area contributed by atoms with E-state index in [1.165, 1.54) is 218 Å². The highest BCUT2D eigenvalue weighted by molar-refractivity contribution is 5.76. The molecule has 0 aromatic carbocycles. The third-order valence-electron chi connectivity index (χ3n) is 18.1. The molecule has 2 saturated heterocycles. The van der Waals surface area contributed by atoms with Gasteiger partial charge in [-0.1, -0.05) is 318 Å². The average molecular weight is 1290 g/mol. The third kappa shape index (κ3) is 44.7. The van der Waals surface area contributed by atoms with Crippen molar-refractivity contribution in [3.8, 4) is 0 Å². The lowest BCUT2D eigenvalue weighted by Gasteiger charge is -2.46. The Labute approximate surface area is 555 Å². The number of nitrogens with one attached hydrogen (secondary N) is 1. The van der Waals surface area contributed by atoms with Crippen molar-refractivity contribution in [1.29, 1.82) is 0 Å². The SMILES string of the molecule is CC/C=C\C/C=C\C/C=C\C/C=C\C/C=C\CCCCCCCCCCCCCCCCCCCCCCCC(=O)NC(COC1OC(CO)C(OC2OC(CO)C(O)C(O)C2O)C(O)C1O)C(O)/C=C/CCCCCCCCCCCCCCCCCCCC. The molecular formula is C77H139NO13. The largest absolute Gasteiger partial charge is 0.394 e. The first kappa shape index (κ1) is 84.5. The van der Waals surface area contributed by atoms with E-state index in [1.54, 1.807) is 6.08 Å². The van der Waals surface area contributed by atoms with E-state index in [0.717, 1.165) is 70.6 Å². The highest BCUT2D eigenvalue weighted by Crippen LogP contribution is 2.30. The van der Waals surface area contributed by atoms with Crippen LogP contribution in [0.3, 0.4) is 0 Å². The first-order valence-corrected chi connectivity index (χ1v) is 37.7. The second-order valence-corrected chi connectivity index (χ2v) is 26.4. The van der Waals surface area contributed by atoms with E-state index in [4.69, 9.17) is 18.9 Å². The third-order valence-corrected chi connectivity index (χ3v) is 18.1. The smallest absolute Gasteiger partial charge is 0.220 e. The molecule has 0 radical (unpaired) electrons. The zero-order valence-electron chi connectivity index (χ0n) is 57.8. The molecule has 2 aliphatic rings. The van der Waals surface area contributed by atoms with E-state index >= 15 is 0 Å². The lowest BCUT2D eigenvalue weighted by atomic mass is 9.97. The Bertz CT molecular complexity index is 1800. The van der Waals surface area contributed by atoms with E-state index in [9.17, 15) is 45.6 Å². The molecule has 0 aliphatic carbocycles. The van der Waals surface area contributed by atoms with Crippen LogP contribution in [0.5, 0.6) is 0 Å². The summed E-state index contributed by atoms with van der Waals surface area (Å²) >= 11 is 0. The van der Waals surface area contributed by atoms with Crippen LogP contribution in [0.1, 0.15) is 316 Å². The van der Waals surface area contributed by atoms with E-state index in [1.807, 2.05) is 6.08 Å². The fraction of sp³-hybridized carbons (Fsp3) is 0.831. The van der Waals surface area contributed by atoms with Crippen molar-refractivity contribution in [3.63, 3.8) is 0 Å². The van der Waals surface area contributed by atoms with E-state index in [2.05, 4.69) is 79.9 Å². The van der Waals surface area contributed by atoms with Gasteiger partial charge in [0.15, 0.2) is 12.6 Å². The maximum atomic E-state index is 13.4. The predicted octanol–water partition coefficient (Wildman–Crippen LogP) is 16.2. The van der Waals surface area contributed by atoms with Crippen molar-refractivity contribution in [3.05, 3.63) is 72.9 Å². The van der Waals surface area contributed by atoms with Crippen LogP contribution in [0, 0.1) is 0 Å². The molecule has 12 unspecified atom stereocenters. The Hall–Kier alpha value is -2.57. The number of unbranched alkanes of at least 4 members (excludes halogenated alkanes) is 39. The summed E-state index contributed by atoms with van der Waals surface area (Å²) < 4.78 is 22.9. The fourth-order valence-electron chi connectivity index (χ4n) is 12.2. The summed E-state index contributed by atoms with van der Waals surface area (Å²) in [4.78, 5) is 13.4. The Balaban J connectivity index is 1.60. The molecule has 0 bridgehead atoms. The van der Waals surface area contributed by atoms with Crippen molar-refractivity contribution < 1.29 is 64.6 Å². The van der Waals surface area contributed by atoms with Crippen LogP contribution in [0.25, 0.3) is 0 Å². The molecule has 0 saturated carbocycles. The highest BCUT2D eigenvalue weighted by Gasteiger charge is 2.51. The molecule has 14 nitrogen and oxygen atoms in total. The summed E-state index contributed by atoms with van der Waals surface area (Å²) in [7, 11) is 0. The highest BCUT2D eigenvalue weighted by atomic mass is 16.7. The van der Waals surface area contributed by atoms with Gasteiger partial charge >= 0.3 is 0 Å². The summed E-state index contributed by atoms with van der Waals surface area (Å²) in [5, 5.41) is 87.5. The topological polar surface area (TPSA) is 228 Å². The van der Waals surface area contributed by atoms with E-state index in [-0.39, 0.29) is 18.9 Å². The monoisotopic (exact) mass is 1290 g/mol. The lowest BCUT2D eigenvalue weighted by molar-refractivity contribution is -0.359. The van der Waals surface area contributed by atoms with Crippen molar-refractivity contribution in [2.24, 2.45) is 0 Å². The predicted molar refractivity (Wildman–Crippen MR) is 373 cm³/mol. The van der Waals surface area contributed by atoms with Gasteiger partial charge in [-0.2, -0.15) is 0 Å². The summed E-state index contributed by atoms with van der Waals surface area (Å²) in [5.74, 6) is -0.235. The maximum absolute atomic E-state index is 13.4. The molecule has 0 aromatic rings. The number of aliphatic hydroxyl groups is 8. The first-order valence-electron chi connectivity index (χ1n) is 37.7. The van der Waals surface area contributed by atoms with E-state index in [0.29, 0.717) is 6.42 Å². The second kappa shape index (κ2) is 61.1. The van der Waals surface area contributed by atoms with Gasteiger partial charge in [-0.3, -0.25) is 4.79 Å². The van der Waals surface area contributed by atoms with Gasteiger partial charge in [-0.25, -0.2) is 0 Å². The quantitative estimate of drug-likeness (QED) is 0.0204. The molecule has 2 aliphatic heterocycles. The molecule has 530 valence electrons. The van der Waals surface area contributed by atoms with Gasteiger partial charge in [0.1, 0.15) is 48.8 Å². The van der Waals surface area contributed by atoms with Gasteiger partial charge in [-0.05, 0) is 64.2 Å². The van der Waals surface area contributed by atoms with Gasteiger partial charge in [0.05, 0.1) is 32.0 Å². The molecule has 9 N–H and O–H groups in total. The van der Waals surface area contributed by atoms with Crippen LogP contribution in [-0.4, -0.2) is 140 Å². The fourth-order valence-corrected chi connectivity index (χ4v) is 12.2. The van der Waals surface area contributed by atoms with Gasteiger partial charge in [0.2, 0.25) is 5.91 Å². The number of carbonyl (C=O) groups excluding carboxylic acids is 1. The standard InChI is InChI=1S/C77H139NO13/c1-3-5-7-9-11-13-15-17-19-21-23-25-26-27-28-29-30-31-32-33-34-35-36-37-38-39-40-41-43-45-47-49-51-53-55-57-59-61-69(82)78-65(66(81)60-58-56-54-52-50-48-46-44-42-24-22-20-18-16-14-12-10-8-6-4-2)64-88-76-74(87)72(85)75(68(63-80)90-76)91-77-73(86)71(84)70(83)67(62-79)89-77/h5,7,11,13,17,19,23,25,27-28,58,60,65-68,70-77,79-81,83-87H,3-4,6,8-10,12,14-16,18,20-22,24,26,29-57,59,61-64H2,1-2H3,(H,78,82)/b7-5-,13-11-,19-17-,25-23-,28-27-,60-58+. The maximum Gasteiger partial charge on any atom is 0.220 e. The number of aliphatic hydroxyl groups excluding tert-OH is 8. The summed E-state index contributed by atoms with van der Waals surface area (Å²) in [6.07, 6.45) is 66.8. The van der Waals surface area contributed by atoms with Crippen LogP contribution < -0.4 is 5.32 Å². The van der Waals surface area contributed by atoms with Crippen LogP contribution in [0.2, 0.25) is 0 Å². The van der Waals surface area contributed by atoms with Crippen molar-refractivity contribution >= 4 is 5.91 Å². The Morgan fingerprint density at radius 3 is 1.16 bits per heavy atom. The number of allylic oxidation sites excluding steroid dienone is 11. The minimum absolute atomic E-state index is 0.235. The Morgan fingerprint density at radius 1 is 0.407 bits per heavy atom. The number of hydrogen-bond acceptors (Lipinski definition) is 13. The molecule has 2 heterocycles. The summed E-state index contributed by atoms with van der Waals surface area (Å²) in [6.45, 7) is 2.72. The van der Waals surface area contributed by atoms with Gasteiger partial charge < -0.3 is 65.1 Å². The van der Waals surface area contributed by atoms with Crippen molar-refractivity contribution in [1.82, 2.24) is 5.32 Å². The number of amides is 1. The molecule has 0 aromatic heterocycles. The molecular weight excluding hydrogens is 1150 g/mol. The normalized spacial score (nSPS) is 23.2. The van der Waals surface area contributed by atoms with Crippen LogP contribution in [-0.2, 0) is 23.7 Å². The van der Waals surface area contributed by atoms with E-state index < -0.39 is 86.8 Å². The summed E-state index contributed by atoms with van der Waals surface area (Å²) in [5.41, 5.74) is 0. The zero-order valence-corrected chi connectivity index (χ0v) is 57.8. The molecule has 12 atom stereocenters. The summed E-state index contributed by atoms with van der Waals surface area (Å²) in [6, 6.07) is -0.916. The van der Waals surface area contributed by atoms with Crippen LogP contribution in [0.4, 0.5) is 0 Å². The van der Waals surface area contributed by atoms with Gasteiger partial charge in [0, 0.05) is 6.42 Å². The molecule has 2 fully saturated rings. The lowest BCUT2D eigenvalue weighted by Crippen LogP contribution is -2.65. The zero-order chi connectivity index (χ0) is 65.9. The minimum Gasteiger partial charge on any atom is -0.394 e.